The molecule has 10 heteroatoms. The number of fused-ring (bicyclic) bond motifs is 1. The van der Waals surface area contributed by atoms with Gasteiger partial charge in [0.25, 0.3) is 5.91 Å². The maximum absolute atomic E-state index is 13.1. The summed E-state index contributed by atoms with van der Waals surface area (Å²) in [4.78, 5) is 17.2. The fraction of sp³-hybridized carbons (Fsp3) is 0.308. The van der Waals surface area contributed by atoms with Gasteiger partial charge in [-0.3, -0.25) is 9.89 Å². The standard InChI is InChI=1S/C26H29N7O3/c1-4-19-16-31(2)11-12-32(19)26(34)18-5-7-20(8-6-18)33-17-24(28-30-33)25-22-10-9-21(36-14-13-35-3)15-23(22)27-29-25/h4-10,15,17,19H,1,11-14,16H2,2-3H3,(H,27,29)/t19-/m0/s1. The first-order valence-corrected chi connectivity index (χ1v) is 11.8. The summed E-state index contributed by atoms with van der Waals surface area (Å²) in [5, 5.41) is 17.0. The summed E-state index contributed by atoms with van der Waals surface area (Å²) in [6.45, 7) is 7.22. The first-order chi connectivity index (χ1) is 17.6. The number of carbonyl (C=O) groups is 1. The predicted octanol–water partition coefficient (Wildman–Crippen LogP) is 2.78. The minimum absolute atomic E-state index is 0.00507. The fourth-order valence-corrected chi connectivity index (χ4v) is 4.36. The maximum Gasteiger partial charge on any atom is 0.254 e. The molecule has 1 aliphatic heterocycles. The van der Waals surface area contributed by atoms with E-state index in [1.165, 1.54) is 0 Å². The number of methoxy groups -OCH3 is 1. The molecule has 1 fully saturated rings. The number of nitrogens with zero attached hydrogens (tertiary/aromatic N) is 6. The van der Waals surface area contributed by atoms with E-state index in [0.29, 0.717) is 36.7 Å². The van der Waals surface area contributed by atoms with Crippen LogP contribution in [0.15, 0.2) is 61.3 Å². The Labute approximate surface area is 209 Å². The topological polar surface area (TPSA) is 101 Å². The summed E-state index contributed by atoms with van der Waals surface area (Å²) >= 11 is 0. The average molecular weight is 488 g/mol. The molecule has 10 nitrogen and oxygen atoms in total. The molecule has 0 aliphatic carbocycles. The van der Waals surface area contributed by atoms with E-state index in [2.05, 4.69) is 39.0 Å². The van der Waals surface area contributed by atoms with Gasteiger partial charge in [0.1, 0.15) is 23.7 Å². The Morgan fingerprint density at radius 2 is 2.03 bits per heavy atom. The molecule has 4 aromatic rings. The number of hydrogen-bond donors (Lipinski definition) is 1. The van der Waals surface area contributed by atoms with E-state index >= 15 is 0 Å². The molecular weight excluding hydrogens is 458 g/mol. The highest BCUT2D eigenvalue weighted by atomic mass is 16.5. The highest BCUT2D eigenvalue weighted by Crippen LogP contribution is 2.28. The Morgan fingerprint density at radius 3 is 2.81 bits per heavy atom. The summed E-state index contributed by atoms with van der Waals surface area (Å²) in [7, 11) is 3.70. The number of hydrogen-bond acceptors (Lipinski definition) is 7. The molecular formula is C26H29N7O3. The van der Waals surface area contributed by atoms with Crippen LogP contribution in [0.2, 0.25) is 0 Å². The first kappa shape index (κ1) is 23.7. The molecule has 0 unspecified atom stereocenters. The number of benzene rings is 2. The molecule has 0 bridgehead atoms. The summed E-state index contributed by atoms with van der Waals surface area (Å²) in [6.07, 6.45) is 3.66. The molecule has 1 N–H and O–H groups in total. The van der Waals surface area contributed by atoms with Crippen molar-refractivity contribution in [1.82, 2.24) is 35.0 Å². The third-order valence-corrected chi connectivity index (χ3v) is 6.36. The number of H-pyrrole nitrogens is 1. The van der Waals surface area contributed by atoms with E-state index in [1.807, 2.05) is 59.6 Å². The van der Waals surface area contributed by atoms with Crippen molar-refractivity contribution in [3.05, 3.63) is 66.9 Å². The second-order valence-corrected chi connectivity index (χ2v) is 8.78. The van der Waals surface area contributed by atoms with Crippen LogP contribution in [0.4, 0.5) is 0 Å². The molecule has 0 radical (unpaired) electrons. The number of aromatic nitrogens is 5. The highest BCUT2D eigenvalue weighted by Gasteiger charge is 2.27. The Kier molecular flexibility index (Phi) is 6.79. The van der Waals surface area contributed by atoms with Crippen molar-refractivity contribution in [3.63, 3.8) is 0 Å². The lowest BCUT2D eigenvalue weighted by molar-refractivity contribution is 0.0576. The molecule has 1 aliphatic rings. The van der Waals surface area contributed by atoms with Gasteiger partial charge in [-0.05, 0) is 43.4 Å². The number of likely N-dealkylation sites (N-methyl/N-ethyl adjacent to an activating group) is 1. The predicted molar refractivity (Wildman–Crippen MR) is 136 cm³/mol. The number of ether oxygens (including phenoxy) is 2. The van der Waals surface area contributed by atoms with Crippen molar-refractivity contribution in [2.24, 2.45) is 0 Å². The quantitative estimate of drug-likeness (QED) is 0.301. The summed E-state index contributed by atoms with van der Waals surface area (Å²) in [5.74, 6) is 0.747. The highest BCUT2D eigenvalue weighted by molar-refractivity contribution is 5.95. The summed E-state index contributed by atoms with van der Waals surface area (Å²) in [6, 6.07) is 13.1. The van der Waals surface area contributed by atoms with E-state index in [-0.39, 0.29) is 11.9 Å². The number of nitrogens with one attached hydrogen (secondary N) is 1. The van der Waals surface area contributed by atoms with Crippen LogP contribution >= 0.6 is 0 Å². The lowest BCUT2D eigenvalue weighted by Crippen LogP contribution is -2.53. The molecule has 1 atom stereocenters. The number of rotatable bonds is 8. The van der Waals surface area contributed by atoms with Gasteiger partial charge in [-0.25, -0.2) is 4.68 Å². The van der Waals surface area contributed by atoms with Crippen molar-refractivity contribution in [2.45, 2.75) is 6.04 Å². The fourth-order valence-electron chi connectivity index (χ4n) is 4.36. The van der Waals surface area contributed by atoms with Gasteiger partial charge >= 0.3 is 0 Å². The maximum atomic E-state index is 13.1. The first-order valence-electron chi connectivity index (χ1n) is 11.8. The molecule has 0 spiro atoms. The lowest BCUT2D eigenvalue weighted by atomic mass is 10.1. The molecule has 1 saturated heterocycles. The number of carbonyl (C=O) groups excluding carboxylic acids is 1. The van der Waals surface area contributed by atoms with Crippen molar-refractivity contribution in [2.75, 3.05) is 47.0 Å². The normalized spacial score (nSPS) is 16.4. The molecule has 3 heterocycles. The average Bonchev–Trinajstić information content (AvgIpc) is 3.55. The largest absolute Gasteiger partial charge is 0.491 e. The molecule has 0 saturated carbocycles. The number of amides is 1. The van der Waals surface area contributed by atoms with Crippen LogP contribution in [0, 0.1) is 0 Å². The van der Waals surface area contributed by atoms with Crippen LogP contribution in [0.3, 0.4) is 0 Å². The van der Waals surface area contributed by atoms with Gasteiger partial charge in [-0.1, -0.05) is 11.3 Å². The van der Waals surface area contributed by atoms with Crippen LogP contribution in [-0.4, -0.2) is 93.9 Å². The molecule has 1 amide bonds. The van der Waals surface area contributed by atoms with Gasteiger partial charge in [-0.2, -0.15) is 5.10 Å². The van der Waals surface area contributed by atoms with Crippen molar-refractivity contribution in [3.8, 4) is 22.8 Å². The minimum Gasteiger partial charge on any atom is -0.491 e. The second kappa shape index (κ2) is 10.3. The zero-order chi connectivity index (χ0) is 25.1. The van der Waals surface area contributed by atoms with E-state index in [1.54, 1.807) is 11.8 Å². The van der Waals surface area contributed by atoms with E-state index < -0.39 is 0 Å². The Hall–Kier alpha value is -4.02. The minimum atomic E-state index is 0.00507. The second-order valence-electron chi connectivity index (χ2n) is 8.78. The Bertz CT molecular complexity index is 1360. The third-order valence-electron chi connectivity index (χ3n) is 6.36. The molecule has 5 rings (SSSR count). The summed E-state index contributed by atoms with van der Waals surface area (Å²) in [5.41, 5.74) is 3.63. The van der Waals surface area contributed by atoms with Crippen molar-refractivity contribution >= 4 is 16.8 Å². The number of aromatic amines is 1. The molecule has 186 valence electrons. The molecule has 2 aromatic heterocycles. The van der Waals surface area contributed by atoms with E-state index in [4.69, 9.17) is 9.47 Å². The van der Waals surface area contributed by atoms with Gasteiger partial charge in [0.15, 0.2) is 0 Å². The molecule has 36 heavy (non-hydrogen) atoms. The smallest absolute Gasteiger partial charge is 0.254 e. The third kappa shape index (κ3) is 4.73. The Balaban J connectivity index is 1.32. The van der Waals surface area contributed by atoms with E-state index in [0.717, 1.165) is 35.4 Å². The summed E-state index contributed by atoms with van der Waals surface area (Å²) < 4.78 is 12.4. The zero-order valence-corrected chi connectivity index (χ0v) is 20.4. The van der Waals surface area contributed by atoms with Gasteiger partial charge in [0.05, 0.1) is 30.0 Å². The van der Waals surface area contributed by atoms with Crippen LogP contribution < -0.4 is 4.74 Å². The van der Waals surface area contributed by atoms with E-state index in [9.17, 15) is 4.79 Å². The number of piperazine rings is 1. The van der Waals surface area contributed by atoms with Gasteiger partial charge < -0.3 is 19.3 Å². The lowest BCUT2D eigenvalue weighted by Gasteiger charge is -2.38. The van der Waals surface area contributed by atoms with Gasteiger partial charge in [-0.15, -0.1) is 11.7 Å². The zero-order valence-electron chi connectivity index (χ0n) is 20.4. The van der Waals surface area contributed by atoms with Crippen LogP contribution in [-0.2, 0) is 4.74 Å². The van der Waals surface area contributed by atoms with Crippen LogP contribution in [0.1, 0.15) is 10.4 Å². The van der Waals surface area contributed by atoms with Crippen molar-refractivity contribution < 1.29 is 14.3 Å². The SMILES string of the molecule is C=C[C@H]1CN(C)CCN1C(=O)c1ccc(-n2cc(-c3n[nH]c4cc(OCCOC)ccc34)nn2)cc1. The monoisotopic (exact) mass is 487 g/mol. The van der Waals surface area contributed by atoms with Gasteiger partial charge in [0.2, 0.25) is 0 Å². The van der Waals surface area contributed by atoms with Crippen molar-refractivity contribution in [1.29, 1.82) is 0 Å². The van der Waals surface area contributed by atoms with Gasteiger partial charge in [0, 0.05) is 43.8 Å². The van der Waals surface area contributed by atoms with Crippen LogP contribution in [0.5, 0.6) is 5.75 Å². The van der Waals surface area contributed by atoms with Crippen LogP contribution in [0.25, 0.3) is 28.0 Å². The Morgan fingerprint density at radius 1 is 1.19 bits per heavy atom. The molecule has 2 aromatic carbocycles.